The van der Waals surface area contributed by atoms with Crippen molar-refractivity contribution in [1.82, 2.24) is 14.8 Å². The molecular formula is C29H24F4N6O4S. The van der Waals surface area contributed by atoms with E-state index >= 15 is 4.39 Å². The lowest BCUT2D eigenvalue weighted by Crippen LogP contribution is -2.31. The number of alkyl halides is 3. The van der Waals surface area contributed by atoms with E-state index in [-0.39, 0.29) is 39.7 Å². The second-order valence-corrected chi connectivity index (χ2v) is 10.3. The van der Waals surface area contributed by atoms with Crippen molar-refractivity contribution in [3.05, 3.63) is 78.4 Å². The molecule has 4 aromatic rings. The highest BCUT2D eigenvalue weighted by molar-refractivity contribution is 8.15. The standard InChI is InChI=1S/C29H24F4N6O4S/c1-3-4-17-5-9-21(42-2)14-24(17)39-25(40)15-44-28(39)36-27(41)35-23-12-6-18(13-22(23)30)26-34-16-38(37-26)19-7-10-20(11-8-19)43-29(31,32)33/h5-14,16H,3-4,15H2,1-2H3,(H,35,41). The van der Waals surface area contributed by atoms with Gasteiger partial charge in [-0.1, -0.05) is 31.2 Å². The molecule has 0 atom stereocenters. The van der Waals surface area contributed by atoms with Crippen LogP contribution in [0.5, 0.6) is 11.5 Å². The number of ether oxygens (including phenoxy) is 2. The first-order chi connectivity index (χ1) is 21.0. The number of aryl methyl sites for hydroxylation is 1. The summed E-state index contributed by atoms with van der Waals surface area (Å²) in [4.78, 5) is 35.2. The fourth-order valence-electron chi connectivity index (χ4n) is 4.35. The van der Waals surface area contributed by atoms with E-state index in [1.807, 2.05) is 13.0 Å². The van der Waals surface area contributed by atoms with Crippen molar-refractivity contribution in [3.8, 4) is 28.6 Å². The number of carbonyl (C=O) groups is 2. The fourth-order valence-corrected chi connectivity index (χ4v) is 5.21. The number of amides is 3. The third-order valence-corrected chi connectivity index (χ3v) is 7.23. The zero-order valence-electron chi connectivity index (χ0n) is 23.3. The van der Waals surface area contributed by atoms with Gasteiger partial charge in [-0.2, -0.15) is 4.99 Å². The number of aromatic nitrogens is 3. The van der Waals surface area contributed by atoms with Crippen LogP contribution >= 0.6 is 11.8 Å². The minimum Gasteiger partial charge on any atom is -0.497 e. The number of thioether (sulfide) groups is 1. The third-order valence-electron chi connectivity index (χ3n) is 6.31. The predicted molar refractivity (Wildman–Crippen MR) is 157 cm³/mol. The van der Waals surface area contributed by atoms with Crippen LogP contribution in [-0.2, 0) is 11.2 Å². The molecule has 1 N–H and O–H groups in total. The molecule has 3 aromatic carbocycles. The summed E-state index contributed by atoms with van der Waals surface area (Å²) in [6, 6.07) is 13.4. The number of methoxy groups -OCH3 is 1. The predicted octanol–water partition coefficient (Wildman–Crippen LogP) is 6.60. The Kier molecular flexibility index (Phi) is 8.85. The van der Waals surface area contributed by atoms with Crippen LogP contribution < -0.4 is 19.7 Å². The number of anilines is 2. The molecule has 0 unspecified atom stereocenters. The van der Waals surface area contributed by atoms with E-state index in [1.165, 1.54) is 47.3 Å². The molecule has 44 heavy (non-hydrogen) atoms. The van der Waals surface area contributed by atoms with Crippen LogP contribution in [0.2, 0.25) is 0 Å². The van der Waals surface area contributed by atoms with Crippen LogP contribution in [0.25, 0.3) is 17.1 Å². The van der Waals surface area contributed by atoms with Gasteiger partial charge in [0.25, 0.3) is 0 Å². The van der Waals surface area contributed by atoms with Gasteiger partial charge in [-0.3, -0.25) is 9.69 Å². The van der Waals surface area contributed by atoms with Crippen LogP contribution in [0, 0.1) is 5.82 Å². The summed E-state index contributed by atoms with van der Waals surface area (Å²) < 4.78 is 62.7. The summed E-state index contributed by atoms with van der Waals surface area (Å²) in [7, 11) is 1.52. The summed E-state index contributed by atoms with van der Waals surface area (Å²) in [5, 5.41) is 6.81. The molecule has 1 aliphatic heterocycles. The minimum absolute atomic E-state index is 0.0864. The van der Waals surface area contributed by atoms with Crippen molar-refractivity contribution in [3.63, 3.8) is 0 Å². The van der Waals surface area contributed by atoms with Crippen molar-refractivity contribution in [1.29, 1.82) is 0 Å². The van der Waals surface area contributed by atoms with E-state index in [0.29, 0.717) is 23.5 Å². The van der Waals surface area contributed by atoms with Crippen LogP contribution in [0.1, 0.15) is 18.9 Å². The Morgan fingerprint density at radius 1 is 1.09 bits per heavy atom. The van der Waals surface area contributed by atoms with Gasteiger partial charge in [0.15, 0.2) is 11.0 Å². The largest absolute Gasteiger partial charge is 0.573 e. The number of hydrogen-bond donors (Lipinski definition) is 1. The quantitative estimate of drug-likeness (QED) is 0.219. The topological polar surface area (TPSA) is 111 Å². The second-order valence-electron chi connectivity index (χ2n) is 9.34. The first kappa shape index (κ1) is 30.5. The zero-order chi connectivity index (χ0) is 31.4. The molecule has 1 aromatic heterocycles. The van der Waals surface area contributed by atoms with Gasteiger partial charge >= 0.3 is 12.4 Å². The van der Waals surface area contributed by atoms with E-state index in [4.69, 9.17) is 4.74 Å². The lowest BCUT2D eigenvalue weighted by Gasteiger charge is -2.20. The maximum atomic E-state index is 15.0. The Hall–Kier alpha value is -4.92. The highest BCUT2D eigenvalue weighted by atomic mass is 32.2. The molecule has 2 heterocycles. The van der Waals surface area contributed by atoms with Gasteiger partial charge in [0.2, 0.25) is 5.91 Å². The van der Waals surface area contributed by atoms with Crippen LogP contribution in [0.4, 0.5) is 33.7 Å². The van der Waals surface area contributed by atoms with E-state index in [9.17, 15) is 22.8 Å². The fraction of sp³-hybridized carbons (Fsp3) is 0.207. The van der Waals surface area contributed by atoms with Crippen molar-refractivity contribution in [2.45, 2.75) is 26.1 Å². The van der Waals surface area contributed by atoms with E-state index in [1.54, 1.807) is 12.1 Å². The van der Waals surface area contributed by atoms with Crippen molar-refractivity contribution in [2.75, 3.05) is 23.1 Å². The molecule has 10 nitrogen and oxygen atoms in total. The first-order valence-electron chi connectivity index (χ1n) is 13.1. The Morgan fingerprint density at radius 2 is 1.84 bits per heavy atom. The molecule has 228 valence electrons. The number of rotatable bonds is 8. The Morgan fingerprint density at radius 3 is 2.52 bits per heavy atom. The Bertz CT molecular complexity index is 1730. The van der Waals surface area contributed by atoms with Crippen molar-refractivity contribution < 1.29 is 36.6 Å². The van der Waals surface area contributed by atoms with Gasteiger partial charge in [0, 0.05) is 11.6 Å². The average Bonchev–Trinajstić information content (AvgIpc) is 3.61. The molecule has 0 aliphatic carbocycles. The molecule has 0 bridgehead atoms. The molecule has 1 saturated heterocycles. The van der Waals surface area contributed by atoms with Gasteiger partial charge < -0.3 is 14.8 Å². The minimum atomic E-state index is -4.81. The molecular weight excluding hydrogens is 604 g/mol. The van der Waals surface area contributed by atoms with Gasteiger partial charge in [0.1, 0.15) is 23.6 Å². The van der Waals surface area contributed by atoms with Crippen LogP contribution in [0.15, 0.2) is 72.0 Å². The molecule has 1 fully saturated rings. The molecule has 15 heteroatoms. The lowest BCUT2D eigenvalue weighted by molar-refractivity contribution is -0.274. The Labute approximate surface area is 252 Å². The number of nitrogens with one attached hydrogen (secondary N) is 1. The molecule has 5 rings (SSSR count). The number of carbonyl (C=O) groups excluding carboxylic acids is 2. The van der Waals surface area contributed by atoms with Crippen molar-refractivity contribution >= 4 is 40.2 Å². The lowest BCUT2D eigenvalue weighted by atomic mass is 10.1. The number of hydrogen-bond acceptors (Lipinski definition) is 7. The molecule has 1 aliphatic rings. The smallest absolute Gasteiger partial charge is 0.497 e. The number of urea groups is 1. The van der Waals surface area contributed by atoms with Gasteiger partial charge in [-0.05, 0) is 60.5 Å². The van der Waals surface area contributed by atoms with E-state index < -0.39 is 18.2 Å². The number of halogens is 4. The summed E-state index contributed by atoms with van der Waals surface area (Å²) >= 11 is 1.10. The summed E-state index contributed by atoms with van der Waals surface area (Å²) in [6.07, 6.45) is -1.96. The maximum Gasteiger partial charge on any atom is 0.573 e. The van der Waals surface area contributed by atoms with Crippen molar-refractivity contribution in [2.24, 2.45) is 4.99 Å². The van der Waals surface area contributed by atoms with Crippen LogP contribution in [0.3, 0.4) is 0 Å². The molecule has 0 radical (unpaired) electrons. The normalized spacial score (nSPS) is 14.3. The van der Waals surface area contributed by atoms with Gasteiger partial charge in [-0.15, -0.1) is 18.3 Å². The number of aliphatic imine (C=N–C) groups is 1. The maximum absolute atomic E-state index is 15.0. The third kappa shape index (κ3) is 6.99. The number of amidine groups is 1. The zero-order valence-corrected chi connectivity index (χ0v) is 24.1. The number of nitrogens with zero attached hydrogens (tertiary/aromatic N) is 5. The summed E-state index contributed by atoms with van der Waals surface area (Å²) in [5.74, 6) is -0.660. The average molecular weight is 629 g/mol. The summed E-state index contributed by atoms with van der Waals surface area (Å²) in [5.41, 5.74) is 1.99. The monoisotopic (exact) mass is 628 g/mol. The molecule has 0 spiro atoms. The van der Waals surface area contributed by atoms with Gasteiger partial charge in [-0.25, -0.2) is 18.9 Å². The first-order valence-corrected chi connectivity index (χ1v) is 14.1. The molecule has 3 amide bonds. The SMILES string of the molecule is CCCc1ccc(OC)cc1N1C(=O)CSC1=NC(=O)Nc1ccc(-c2ncn(-c3ccc(OC(F)(F)F)cc3)n2)cc1F. The summed E-state index contributed by atoms with van der Waals surface area (Å²) in [6.45, 7) is 2.01. The van der Waals surface area contributed by atoms with Crippen LogP contribution in [-0.4, -0.2) is 51.1 Å². The van der Waals surface area contributed by atoms with E-state index in [2.05, 4.69) is 25.1 Å². The van der Waals surface area contributed by atoms with Gasteiger partial charge in [0.05, 0.1) is 29.9 Å². The van der Waals surface area contributed by atoms with E-state index in [0.717, 1.165) is 41.9 Å². The second kappa shape index (κ2) is 12.8. The molecule has 0 saturated carbocycles. The Balaban J connectivity index is 1.31. The highest BCUT2D eigenvalue weighted by Gasteiger charge is 2.33. The highest BCUT2D eigenvalue weighted by Crippen LogP contribution is 2.33. The number of benzene rings is 3.